The van der Waals surface area contributed by atoms with E-state index in [1.807, 2.05) is 30.3 Å². The number of fused-ring (bicyclic) bond motifs is 1. The van der Waals surface area contributed by atoms with Gasteiger partial charge in [-0.15, -0.1) is 0 Å². The highest BCUT2D eigenvalue weighted by Gasteiger charge is 2.04. The minimum absolute atomic E-state index is 0.0290. The Morgan fingerprint density at radius 1 is 1.17 bits per heavy atom. The molecular weight excluding hydrogens is 316 g/mol. The largest absolute Gasteiger partial charge is 0.278 e. The van der Waals surface area contributed by atoms with Crippen molar-refractivity contribution in [2.24, 2.45) is 5.10 Å². The summed E-state index contributed by atoms with van der Waals surface area (Å²) in [6, 6.07) is 15.5. The third kappa shape index (κ3) is 3.44. The molecule has 0 atom stereocenters. The van der Waals surface area contributed by atoms with Crippen molar-refractivity contribution in [3.05, 3.63) is 75.4 Å². The van der Waals surface area contributed by atoms with Gasteiger partial charge in [0.1, 0.15) is 5.15 Å². The van der Waals surface area contributed by atoms with Gasteiger partial charge in [-0.05, 0) is 24.3 Å². The minimum atomic E-state index is -0.451. The number of nitrogens with one attached hydrogen (secondary N) is 1. The Morgan fingerprint density at radius 2 is 1.91 bits per heavy atom. The smallest absolute Gasteiger partial charge is 0.269 e. The van der Waals surface area contributed by atoms with Crippen LogP contribution in [-0.2, 0) is 0 Å². The molecule has 114 valence electrons. The van der Waals surface area contributed by atoms with Gasteiger partial charge in [0.25, 0.3) is 5.69 Å². The Hall–Kier alpha value is -2.99. The lowest BCUT2D eigenvalue weighted by molar-refractivity contribution is -0.384. The quantitative estimate of drug-likeness (QED) is 0.336. The molecular formula is C16H11ClN4O2. The van der Waals surface area contributed by atoms with Crippen molar-refractivity contribution in [2.45, 2.75) is 0 Å². The molecule has 0 bridgehead atoms. The van der Waals surface area contributed by atoms with Crippen LogP contribution in [0.25, 0.3) is 10.9 Å². The van der Waals surface area contributed by atoms with E-state index in [0.717, 1.165) is 10.9 Å². The van der Waals surface area contributed by atoms with Gasteiger partial charge < -0.3 is 0 Å². The zero-order valence-electron chi connectivity index (χ0n) is 11.8. The van der Waals surface area contributed by atoms with Gasteiger partial charge in [-0.2, -0.15) is 5.10 Å². The summed E-state index contributed by atoms with van der Waals surface area (Å²) in [6.45, 7) is 0. The third-order valence-electron chi connectivity index (χ3n) is 3.18. The average molecular weight is 327 g/mol. The van der Waals surface area contributed by atoms with Crippen LogP contribution in [0.15, 0.2) is 59.7 Å². The van der Waals surface area contributed by atoms with Crippen LogP contribution < -0.4 is 5.43 Å². The number of hydrazone groups is 1. The molecule has 1 heterocycles. The van der Waals surface area contributed by atoms with Gasteiger partial charge in [0.15, 0.2) is 0 Å². The minimum Gasteiger partial charge on any atom is -0.278 e. The molecule has 2 aromatic carbocycles. The number of non-ortho nitro benzene ring substituents is 1. The number of benzene rings is 2. The lowest BCUT2D eigenvalue weighted by Crippen LogP contribution is -1.94. The molecule has 0 spiro atoms. The molecule has 0 aliphatic rings. The van der Waals surface area contributed by atoms with Crippen LogP contribution in [0.3, 0.4) is 0 Å². The van der Waals surface area contributed by atoms with E-state index in [-0.39, 0.29) is 5.69 Å². The van der Waals surface area contributed by atoms with E-state index in [1.54, 1.807) is 18.3 Å². The first-order valence-corrected chi connectivity index (χ1v) is 7.10. The molecule has 3 aromatic rings. The zero-order chi connectivity index (χ0) is 16.2. The monoisotopic (exact) mass is 326 g/mol. The predicted octanol–water partition coefficient (Wildman–Crippen LogP) is 4.24. The van der Waals surface area contributed by atoms with Crippen molar-refractivity contribution >= 4 is 40.1 Å². The lowest BCUT2D eigenvalue weighted by Gasteiger charge is -2.02. The van der Waals surface area contributed by atoms with E-state index >= 15 is 0 Å². The first kappa shape index (κ1) is 14.9. The molecule has 0 aliphatic carbocycles. The van der Waals surface area contributed by atoms with E-state index in [2.05, 4.69) is 15.5 Å². The van der Waals surface area contributed by atoms with Crippen LogP contribution in [0.2, 0.25) is 5.15 Å². The van der Waals surface area contributed by atoms with Crippen molar-refractivity contribution in [2.75, 3.05) is 5.43 Å². The van der Waals surface area contributed by atoms with Crippen molar-refractivity contribution in [1.82, 2.24) is 4.98 Å². The Bertz CT molecular complexity index is 894. The van der Waals surface area contributed by atoms with Gasteiger partial charge in [-0.1, -0.05) is 29.8 Å². The average Bonchev–Trinajstić information content (AvgIpc) is 2.56. The van der Waals surface area contributed by atoms with Gasteiger partial charge in [0, 0.05) is 23.1 Å². The van der Waals surface area contributed by atoms with Gasteiger partial charge >= 0.3 is 0 Å². The number of nitro groups is 1. The van der Waals surface area contributed by atoms with Crippen molar-refractivity contribution in [3.8, 4) is 0 Å². The Morgan fingerprint density at radius 3 is 2.65 bits per heavy atom. The van der Waals surface area contributed by atoms with Crippen LogP contribution in [0.5, 0.6) is 0 Å². The van der Waals surface area contributed by atoms with E-state index in [9.17, 15) is 10.1 Å². The van der Waals surface area contributed by atoms with Crippen molar-refractivity contribution in [3.63, 3.8) is 0 Å². The number of anilines is 1. The molecule has 6 nitrogen and oxygen atoms in total. The first-order chi connectivity index (χ1) is 11.1. The van der Waals surface area contributed by atoms with E-state index in [0.29, 0.717) is 16.4 Å². The Balaban J connectivity index is 1.77. The summed E-state index contributed by atoms with van der Waals surface area (Å²) < 4.78 is 0. The highest BCUT2D eigenvalue weighted by Crippen LogP contribution is 2.19. The molecule has 0 saturated heterocycles. The first-order valence-electron chi connectivity index (χ1n) is 6.72. The number of nitro benzene ring substituents is 1. The van der Waals surface area contributed by atoms with E-state index in [4.69, 9.17) is 11.6 Å². The van der Waals surface area contributed by atoms with Crippen LogP contribution in [0, 0.1) is 10.1 Å². The summed E-state index contributed by atoms with van der Waals surface area (Å²) in [7, 11) is 0. The molecule has 3 rings (SSSR count). The molecule has 0 saturated carbocycles. The van der Waals surface area contributed by atoms with Gasteiger partial charge in [0.2, 0.25) is 0 Å². The maximum absolute atomic E-state index is 10.6. The summed E-state index contributed by atoms with van der Waals surface area (Å²) in [5, 5.41) is 16.0. The Kier molecular flexibility index (Phi) is 4.16. The fourth-order valence-electron chi connectivity index (χ4n) is 2.03. The molecule has 23 heavy (non-hydrogen) atoms. The summed E-state index contributed by atoms with van der Waals surface area (Å²) in [5.74, 6) is 0. The molecule has 0 unspecified atom stereocenters. The lowest BCUT2D eigenvalue weighted by atomic mass is 10.2. The number of hydrogen-bond donors (Lipinski definition) is 1. The number of hydrogen-bond acceptors (Lipinski definition) is 5. The summed E-state index contributed by atoms with van der Waals surface area (Å²) in [6.07, 6.45) is 1.56. The maximum Gasteiger partial charge on any atom is 0.269 e. The van der Waals surface area contributed by atoms with Crippen LogP contribution >= 0.6 is 11.6 Å². The normalized spacial score (nSPS) is 11.0. The van der Waals surface area contributed by atoms with Crippen LogP contribution in [0.4, 0.5) is 11.4 Å². The second-order valence-electron chi connectivity index (χ2n) is 4.74. The number of nitrogens with zero attached hydrogens (tertiary/aromatic N) is 3. The molecule has 0 aliphatic heterocycles. The fourth-order valence-corrected chi connectivity index (χ4v) is 2.23. The van der Waals surface area contributed by atoms with E-state index in [1.165, 1.54) is 12.1 Å². The highest BCUT2D eigenvalue weighted by atomic mass is 35.5. The molecule has 0 radical (unpaired) electrons. The zero-order valence-corrected chi connectivity index (χ0v) is 12.6. The number of para-hydroxylation sites is 1. The maximum atomic E-state index is 10.6. The van der Waals surface area contributed by atoms with Crippen LogP contribution in [-0.4, -0.2) is 16.1 Å². The summed E-state index contributed by atoms with van der Waals surface area (Å²) in [5.41, 5.74) is 4.96. The standard InChI is InChI=1S/C16H11ClN4O2/c17-16-12(9-11-3-1-2-4-15(11)19-16)10-18-20-13-5-7-14(8-6-13)21(22)23/h1-10,20H. The van der Waals surface area contributed by atoms with E-state index < -0.39 is 4.92 Å². The second kappa shape index (κ2) is 6.41. The van der Waals surface area contributed by atoms with Gasteiger partial charge in [-0.3, -0.25) is 15.5 Å². The number of halogens is 1. The summed E-state index contributed by atoms with van der Waals surface area (Å²) >= 11 is 6.14. The third-order valence-corrected chi connectivity index (χ3v) is 3.48. The van der Waals surface area contributed by atoms with Crippen molar-refractivity contribution < 1.29 is 4.92 Å². The molecule has 1 aromatic heterocycles. The molecule has 0 fully saturated rings. The number of pyridine rings is 1. The Labute approximate surface area is 136 Å². The summed E-state index contributed by atoms with van der Waals surface area (Å²) in [4.78, 5) is 14.4. The van der Waals surface area contributed by atoms with Crippen molar-refractivity contribution in [1.29, 1.82) is 0 Å². The fraction of sp³-hybridized carbons (Fsp3) is 0. The topological polar surface area (TPSA) is 80.4 Å². The van der Waals surface area contributed by atoms with Crippen LogP contribution in [0.1, 0.15) is 5.56 Å². The molecule has 1 N–H and O–H groups in total. The number of rotatable bonds is 4. The predicted molar refractivity (Wildman–Crippen MR) is 91.1 cm³/mol. The highest BCUT2D eigenvalue weighted by molar-refractivity contribution is 6.32. The molecule has 7 heteroatoms. The van der Waals surface area contributed by atoms with Gasteiger partial charge in [0.05, 0.1) is 22.3 Å². The SMILES string of the molecule is O=[N+]([O-])c1ccc(NN=Cc2cc3ccccc3nc2Cl)cc1. The van der Waals surface area contributed by atoms with Gasteiger partial charge in [-0.25, -0.2) is 4.98 Å². The number of aromatic nitrogens is 1. The molecule has 0 amide bonds. The second-order valence-corrected chi connectivity index (χ2v) is 5.09.